The van der Waals surface area contributed by atoms with Crippen LogP contribution in [-0.4, -0.2) is 35.0 Å². The molecule has 0 spiro atoms. The second-order valence-electron chi connectivity index (χ2n) is 4.74. The minimum atomic E-state index is -0.0813. The standard InChI is InChI=1S/C15H12BrClN2O2/c16-10-4-5-13(17)12(7-10)15(20)19-8-11(9-19)21-14-3-1-2-6-18-14/h1-7,11H,8-9H2. The average Bonchev–Trinajstić information content (AvgIpc) is 2.45. The van der Waals surface area contributed by atoms with E-state index in [-0.39, 0.29) is 12.0 Å². The van der Waals surface area contributed by atoms with Gasteiger partial charge in [0.05, 0.1) is 23.7 Å². The lowest BCUT2D eigenvalue weighted by molar-refractivity contribution is 0.0160. The predicted octanol–water partition coefficient (Wildman–Crippen LogP) is 3.40. The van der Waals surface area contributed by atoms with Crippen molar-refractivity contribution in [3.8, 4) is 5.88 Å². The molecule has 2 heterocycles. The molecule has 1 amide bonds. The van der Waals surface area contributed by atoms with E-state index in [1.54, 1.807) is 29.3 Å². The third-order valence-electron chi connectivity index (χ3n) is 3.22. The number of amides is 1. The largest absolute Gasteiger partial charge is 0.471 e. The number of rotatable bonds is 3. The molecule has 108 valence electrons. The molecule has 0 aliphatic carbocycles. The van der Waals surface area contributed by atoms with Crippen molar-refractivity contribution in [3.63, 3.8) is 0 Å². The summed E-state index contributed by atoms with van der Waals surface area (Å²) in [7, 11) is 0. The van der Waals surface area contributed by atoms with Crippen LogP contribution in [0, 0.1) is 0 Å². The topological polar surface area (TPSA) is 42.4 Å². The zero-order valence-electron chi connectivity index (χ0n) is 11.0. The summed E-state index contributed by atoms with van der Waals surface area (Å²) in [6.07, 6.45) is 1.66. The molecule has 2 aromatic rings. The molecule has 0 bridgehead atoms. The van der Waals surface area contributed by atoms with Gasteiger partial charge in [-0.25, -0.2) is 4.98 Å². The van der Waals surface area contributed by atoms with Crippen LogP contribution in [0.15, 0.2) is 47.1 Å². The van der Waals surface area contributed by atoms with E-state index in [0.717, 1.165) is 4.47 Å². The van der Waals surface area contributed by atoms with Gasteiger partial charge in [0.1, 0.15) is 6.10 Å². The summed E-state index contributed by atoms with van der Waals surface area (Å²) in [4.78, 5) is 18.2. The van der Waals surface area contributed by atoms with Crippen LogP contribution < -0.4 is 4.74 Å². The number of halogens is 2. The Hall–Kier alpha value is -1.59. The van der Waals surface area contributed by atoms with Crippen LogP contribution in [0.1, 0.15) is 10.4 Å². The number of nitrogens with zero attached hydrogens (tertiary/aromatic N) is 2. The molecule has 0 atom stereocenters. The van der Waals surface area contributed by atoms with Gasteiger partial charge in [-0.1, -0.05) is 33.6 Å². The van der Waals surface area contributed by atoms with E-state index in [1.807, 2.05) is 18.2 Å². The van der Waals surface area contributed by atoms with Crippen molar-refractivity contribution in [2.45, 2.75) is 6.10 Å². The smallest absolute Gasteiger partial charge is 0.255 e. The second-order valence-corrected chi connectivity index (χ2v) is 6.07. The molecule has 0 saturated carbocycles. The highest BCUT2D eigenvalue weighted by Gasteiger charge is 2.33. The van der Waals surface area contributed by atoms with Crippen LogP contribution in [0.5, 0.6) is 5.88 Å². The minimum Gasteiger partial charge on any atom is -0.471 e. The SMILES string of the molecule is O=C(c1cc(Br)ccc1Cl)N1CC(Oc2ccccn2)C1. The maximum atomic E-state index is 12.3. The summed E-state index contributed by atoms with van der Waals surface area (Å²) in [6, 6.07) is 10.7. The average molecular weight is 368 g/mol. The molecule has 0 unspecified atom stereocenters. The van der Waals surface area contributed by atoms with Gasteiger partial charge in [-0.2, -0.15) is 0 Å². The van der Waals surface area contributed by atoms with Gasteiger partial charge in [0.25, 0.3) is 5.91 Å². The molecule has 1 aliphatic heterocycles. The molecule has 1 fully saturated rings. The van der Waals surface area contributed by atoms with Gasteiger partial charge in [-0.15, -0.1) is 0 Å². The van der Waals surface area contributed by atoms with E-state index < -0.39 is 0 Å². The van der Waals surface area contributed by atoms with E-state index in [4.69, 9.17) is 16.3 Å². The van der Waals surface area contributed by atoms with Crippen LogP contribution in [0.25, 0.3) is 0 Å². The van der Waals surface area contributed by atoms with Crippen LogP contribution in [0.3, 0.4) is 0 Å². The zero-order valence-corrected chi connectivity index (χ0v) is 13.3. The molecule has 4 nitrogen and oxygen atoms in total. The van der Waals surface area contributed by atoms with Crippen molar-refractivity contribution in [1.82, 2.24) is 9.88 Å². The normalized spacial score (nSPS) is 14.7. The Kier molecular flexibility index (Phi) is 4.12. The summed E-state index contributed by atoms with van der Waals surface area (Å²) in [6.45, 7) is 1.08. The van der Waals surface area contributed by atoms with Crippen LogP contribution in [-0.2, 0) is 0 Å². The lowest BCUT2D eigenvalue weighted by Gasteiger charge is -2.38. The number of ether oxygens (including phenoxy) is 1. The molecule has 0 N–H and O–H groups in total. The summed E-state index contributed by atoms with van der Waals surface area (Å²) >= 11 is 9.42. The highest BCUT2D eigenvalue weighted by molar-refractivity contribution is 9.10. The molecule has 21 heavy (non-hydrogen) atoms. The van der Waals surface area contributed by atoms with E-state index in [9.17, 15) is 4.79 Å². The quantitative estimate of drug-likeness (QED) is 0.835. The fourth-order valence-electron chi connectivity index (χ4n) is 2.10. The first-order valence-corrected chi connectivity index (χ1v) is 7.62. The van der Waals surface area contributed by atoms with Gasteiger partial charge in [-0.3, -0.25) is 4.79 Å². The number of pyridine rings is 1. The number of aromatic nitrogens is 1. The van der Waals surface area contributed by atoms with Gasteiger partial charge in [-0.05, 0) is 24.3 Å². The van der Waals surface area contributed by atoms with Crippen LogP contribution in [0.4, 0.5) is 0 Å². The lowest BCUT2D eigenvalue weighted by Crippen LogP contribution is -2.56. The van der Waals surface area contributed by atoms with Crippen molar-refractivity contribution in [2.24, 2.45) is 0 Å². The molecular formula is C15H12BrClN2O2. The predicted molar refractivity (Wildman–Crippen MR) is 83.7 cm³/mol. The third-order valence-corrected chi connectivity index (χ3v) is 4.04. The summed E-state index contributed by atoms with van der Waals surface area (Å²) in [5.41, 5.74) is 0.502. The number of likely N-dealkylation sites (tertiary alicyclic amines) is 1. The molecule has 1 aliphatic rings. The van der Waals surface area contributed by atoms with E-state index in [1.165, 1.54) is 0 Å². The first kappa shape index (κ1) is 14.4. The number of benzene rings is 1. The number of hydrogen-bond donors (Lipinski definition) is 0. The Balaban J connectivity index is 1.61. The Morgan fingerprint density at radius 2 is 2.14 bits per heavy atom. The van der Waals surface area contributed by atoms with Crippen molar-refractivity contribution in [1.29, 1.82) is 0 Å². The highest BCUT2D eigenvalue weighted by Crippen LogP contribution is 2.25. The van der Waals surface area contributed by atoms with Gasteiger partial charge >= 0.3 is 0 Å². The van der Waals surface area contributed by atoms with Crippen molar-refractivity contribution in [3.05, 3.63) is 57.7 Å². The van der Waals surface area contributed by atoms with E-state index in [2.05, 4.69) is 20.9 Å². The van der Waals surface area contributed by atoms with E-state index in [0.29, 0.717) is 29.6 Å². The van der Waals surface area contributed by atoms with Gasteiger partial charge < -0.3 is 9.64 Å². The van der Waals surface area contributed by atoms with Crippen molar-refractivity contribution in [2.75, 3.05) is 13.1 Å². The summed E-state index contributed by atoms with van der Waals surface area (Å²) in [5.74, 6) is 0.497. The fourth-order valence-corrected chi connectivity index (χ4v) is 2.66. The number of carbonyl (C=O) groups is 1. The van der Waals surface area contributed by atoms with Crippen molar-refractivity contribution < 1.29 is 9.53 Å². The highest BCUT2D eigenvalue weighted by atomic mass is 79.9. The zero-order chi connectivity index (χ0) is 14.8. The molecule has 1 aromatic heterocycles. The first-order chi connectivity index (χ1) is 10.1. The molecule has 6 heteroatoms. The number of carbonyl (C=O) groups excluding carboxylic acids is 1. The first-order valence-electron chi connectivity index (χ1n) is 6.45. The Labute approximate surface area is 135 Å². The minimum absolute atomic E-state index is 0.0187. The van der Waals surface area contributed by atoms with Crippen LogP contribution >= 0.6 is 27.5 Å². The fraction of sp³-hybridized carbons (Fsp3) is 0.200. The Morgan fingerprint density at radius 1 is 1.33 bits per heavy atom. The van der Waals surface area contributed by atoms with E-state index >= 15 is 0 Å². The molecular weight excluding hydrogens is 356 g/mol. The van der Waals surface area contributed by atoms with Gasteiger partial charge in [0, 0.05) is 16.7 Å². The van der Waals surface area contributed by atoms with Gasteiger partial charge in [0.15, 0.2) is 0 Å². The van der Waals surface area contributed by atoms with Gasteiger partial charge in [0.2, 0.25) is 5.88 Å². The molecule has 3 rings (SSSR count). The maximum Gasteiger partial charge on any atom is 0.255 e. The lowest BCUT2D eigenvalue weighted by atomic mass is 10.1. The number of hydrogen-bond acceptors (Lipinski definition) is 3. The Morgan fingerprint density at radius 3 is 2.86 bits per heavy atom. The maximum absolute atomic E-state index is 12.3. The second kappa shape index (κ2) is 6.03. The third kappa shape index (κ3) is 3.19. The molecule has 1 saturated heterocycles. The molecule has 0 radical (unpaired) electrons. The van der Waals surface area contributed by atoms with Crippen molar-refractivity contribution >= 4 is 33.4 Å². The Bertz CT molecular complexity index is 660. The monoisotopic (exact) mass is 366 g/mol. The van der Waals surface area contributed by atoms with Crippen LogP contribution in [0.2, 0.25) is 5.02 Å². The summed E-state index contributed by atoms with van der Waals surface area (Å²) in [5, 5.41) is 0.456. The molecule has 1 aromatic carbocycles. The summed E-state index contributed by atoms with van der Waals surface area (Å²) < 4.78 is 6.50.